The maximum atomic E-state index is 10.8. The van der Waals surface area contributed by atoms with E-state index in [9.17, 15) is 4.79 Å². The van der Waals surface area contributed by atoms with Gasteiger partial charge in [0.25, 0.3) is 0 Å². The number of halogens is 2. The summed E-state index contributed by atoms with van der Waals surface area (Å²) in [5.74, 6) is -0.238. The van der Waals surface area contributed by atoms with Crippen LogP contribution in [0.4, 0.5) is 0 Å². The van der Waals surface area contributed by atoms with Crippen molar-refractivity contribution < 1.29 is 9.53 Å². The van der Waals surface area contributed by atoms with E-state index in [2.05, 4.69) is 31.9 Å². The molecule has 0 saturated heterocycles. The molecule has 0 unspecified atom stereocenters. The van der Waals surface area contributed by atoms with Crippen LogP contribution in [-0.2, 0) is 9.53 Å². The third kappa shape index (κ3) is 10.3. The van der Waals surface area contributed by atoms with Crippen molar-refractivity contribution in [2.24, 2.45) is 0 Å². The van der Waals surface area contributed by atoms with Crippen LogP contribution in [0.3, 0.4) is 0 Å². The van der Waals surface area contributed by atoms with E-state index in [0.717, 1.165) is 6.42 Å². The molecule has 0 aliphatic carbocycles. The van der Waals surface area contributed by atoms with Gasteiger partial charge in [0.2, 0.25) is 0 Å². The number of allylic oxidation sites excluding steroid dienone is 1. The SMILES string of the molecule is CC=CC(=O)OCCC[SiH2]C(Br)Br. The summed E-state index contributed by atoms with van der Waals surface area (Å²) in [5, 5.41) is 0. The van der Waals surface area contributed by atoms with E-state index in [1.54, 1.807) is 13.0 Å². The van der Waals surface area contributed by atoms with Gasteiger partial charge < -0.3 is 4.74 Å². The molecule has 5 heteroatoms. The van der Waals surface area contributed by atoms with Gasteiger partial charge in [0.15, 0.2) is 0 Å². The van der Waals surface area contributed by atoms with Crippen LogP contribution in [0.2, 0.25) is 6.04 Å². The molecule has 0 aromatic rings. The van der Waals surface area contributed by atoms with Gasteiger partial charge in [0.1, 0.15) is 0 Å². The van der Waals surface area contributed by atoms with Gasteiger partial charge >= 0.3 is 5.97 Å². The predicted octanol–water partition coefficient (Wildman–Crippen LogP) is 2.16. The molecule has 0 bridgehead atoms. The summed E-state index contributed by atoms with van der Waals surface area (Å²) in [6.07, 6.45) is 4.10. The minimum atomic E-state index is -0.238. The van der Waals surface area contributed by atoms with E-state index in [0.29, 0.717) is 9.97 Å². The molecule has 0 aromatic heterocycles. The average Bonchev–Trinajstić information content (AvgIpc) is 2.03. The number of carbonyl (C=O) groups excluding carboxylic acids is 1. The van der Waals surface area contributed by atoms with E-state index in [1.807, 2.05) is 0 Å². The van der Waals surface area contributed by atoms with Crippen molar-refractivity contribution in [2.75, 3.05) is 6.61 Å². The van der Waals surface area contributed by atoms with Crippen LogP contribution < -0.4 is 0 Å². The Hall–Kier alpha value is 0.387. The zero-order valence-corrected chi connectivity index (χ0v) is 12.2. The van der Waals surface area contributed by atoms with Crippen LogP contribution in [0.5, 0.6) is 0 Å². The average molecular weight is 330 g/mol. The zero-order valence-electron chi connectivity index (χ0n) is 7.63. The molecule has 0 fully saturated rings. The predicted molar refractivity (Wildman–Crippen MR) is 65.4 cm³/mol. The Bertz CT molecular complexity index is 172. The van der Waals surface area contributed by atoms with Gasteiger partial charge in [-0.2, -0.15) is 0 Å². The summed E-state index contributed by atoms with van der Waals surface area (Å²) in [6.45, 7) is 2.34. The molecule has 0 aliphatic rings. The summed E-state index contributed by atoms with van der Waals surface area (Å²) in [4.78, 5) is 10.8. The first kappa shape index (κ1) is 13.4. The Morgan fingerprint density at radius 1 is 1.62 bits per heavy atom. The molecule has 0 spiro atoms. The summed E-state index contributed by atoms with van der Waals surface area (Å²) in [6, 6.07) is 1.18. The van der Waals surface area contributed by atoms with Gasteiger partial charge in [-0.3, -0.25) is 0 Å². The number of hydrogen-bond acceptors (Lipinski definition) is 2. The first-order valence-electron chi connectivity index (χ1n) is 4.24. The van der Waals surface area contributed by atoms with Crippen molar-refractivity contribution in [3.05, 3.63) is 12.2 Å². The normalized spacial score (nSPS) is 12.0. The molecule has 0 amide bonds. The first-order chi connectivity index (χ1) is 6.16. The number of rotatable bonds is 6. The minimum absolute atomic E-state index is 0.0863. The highest BCUT2D eigenvalue weighted by Crippen LogP contribution is 2.08. The van der Waals surface area contributed by atoms with E-state index in [1.165, 1.54) is 12.1 Å². The van der Waals surface area contributed by atoms with Crippen molar-refractivity contribution in [1.82, 2.24) is 0 Å². The monoisotopic (exact) mass is 328 g/mol. The van der Waals surface area contributed by atoms with Crippen molar-refractivity contribution in [3.63, 3.8) is 0 Å². The molecule has 0 heterocycles. The minimum Gasteiger partial charge on any atom is -0.463 e. The Balaban J connectivity index is 3.21. The number of hydrogen-bond donors (Lipinski definition) is 0. The van der Waals surface area contributed by atoms with Gasteiger partial charge in [-0.25, -0.2) is 4.79 Å². The van der Waals surface area contributed by atoms with Gasteiger partial charge in [0, 0.05) is 6.08 Å². The Kier molecular flexibility index (Phi) is 9.23. The Morgan fingerprint density at radius 3 is 2.85 bits per heavy atom. The molecule has 0 radical (unpaired) electrons. The van der Waals surface area contributed by atoms with Crippen molar-refractivity contribution in [3.8, 4) is 0 Å². The molecule has 76 valence electrons. The van der Waals surface area contributed by atoms with Gasteiger partial charge in [-0.1, -0.05) is 44.0 Å². The van der Waals surface area contributed by atoms with Gasteiger partial charge in [-0.05, 0) is 13.3 Å². The second kappa shape index (κ2) is 8.96. The Morgan fingerprint density at radius 2 is 2.31 bits per heavy atom. The van der Waals surface area contributed by atoms with E-state index in [4.69, 9.17) is 4.74 Å². The van der Waals surface area contributed by atoms with Gasteiger partial charge in [0.05, 0.1) is 19.5 Å². The lowest BCUT2D eigenvalue weighted by Gasteiger charge is -2.01. The van der Waals surface area contributed by atoms with Crippen molar-refractivity contribution in [1.29, 1.82) is 0 Å². The van der Waals surface area contributed by atoms with Crippen LogP contribution in [0.1, 0.15) is 13.3 Å². The van der Waals surface area contributed by atoms with Crippen LogP contribution >= 0.6 is 31.9 Å². The molecule has 0 N–H and O–H groups in total. The second-order valence-electron chi connectivity index (χ2n) is 2.55. The zero-order chi connectivity index (χ0) is 10.1. The molecule has 0 atom stereocenters. The largest absolute Gasteiger partial charge is 0.463 e. The van der Waals surface area contributed by atoms with Crippen molar-refractivity contribution in [2.45, 2.75) is 22.7 Å². The third-order valence-electron chi connectivity index (χ3n) is 1.36. The fourth-order valence-corrected chi connectivity index (χ4v) is 3.50. The van der Waals surface area contributed by atoms with E-state index >= 15 is 0 Å². The second-order valence-corrected chi connectivity index (χ2v) is 10.5. The molecular formula is C8H14Br2O2Si. The lowest BCUT2D eigenvalue weighted by Crippen LogP contribution is -2.05. The van der Waals surface area contributed by atoms with Crippen LogP contribution in [0.25, 0.3) is 0 Å². The molecule has 0 rings (SSSR count). The Labute approximate surface area is 98.2 Å². The molecule has 13 heavy (non-hydrogen) atoms. The van der Waals surface area contributed by atoms with Crippen LogP contribution in [0.15, 0.2) is 12.2 Å². The molecule has 0 aliphatic heterocycles. The fraction of sp³-hybridized carbons (Fsp3) is 0.625. The van der Waals surface area contributed by atoms with Gasteiger partial charge in [-0.15, -0.1) is 0 Å². The number of ether oxygens (including phenoxy) is 1. The fourth-order valence-electron chi connectivity index (χ4n) is 0.758. The highest BCUT2D eigenvalue weighted by atomic mass is 79.9. The molecule has 0 aromatic carbocycles. The third-order valence-corrected chi connectivity index (χ3v) is 5.46. The lowest BCUT2D eigenvalue weighted by atomic mass is 10.5. The van der Waals surface area contributed by atoms with Crippen LogP contribution in [0, 0.1) is 0 Å². The molecular weight excluding hydrogens is 316 g/mol. The first-order valence-corrected chi connectivity index (χ1v) is 7.89. The molecule has 0 saturated carbocycles. The van der Waals surface area contributed by atoms with E-state index < -0.39 is 0 Å². The van der Waals surface area contributed by atoms with E-state index in [-0.39, 0.29) is 15.5 Å². The standard InChI is InChI=1S/C8H14Br2O2Si/c1-2-4-7(11)12-5-3-6-13-8(9)10/h2,4,8H,3,5-6,13H2,1H3. The summed E-state index contributed by atoms with van der Waals surface area (Å²) in [7, 11) is -0.0863. The topological polar surface area (TPSA) is 26.3 Å². The van der Waals surface area contributed by atoms with Crippen molar-refractivity contribution >= 4 is 47.3 Å². The smallest absolute Gasteiger partial charge is 0.330 e. The maximum absolute atomic E-state index is 10.8. The summed E-state index contributed by atoms with van der Waals surface area (Å²) >= 11 is 6.88. The number of esters is 1. The lowest BCUT2D eigenvalue weighted by molar-refractivity contribution is -0.137. The highest BCUT2D eigenvalue weighted by molar-refractivity contribution is 9.25. The number of alkyl halides is 2. The molecule has 2 nitrogen and oxygen atoms in total. The number of carbonyl (C=O) groups is 1. The summed E-state index contributed by atoms with van der Waals surface area (Å²) in [5.41, 5.74) is 0. The highest BCUT2D eigenvalue weighted by Gasteiger charge is 1.99. The van der Waals surface area contributed by atoms with Crippen LogP contribution in [-0.4, -0.2) is 25.5 Å². The maximum Gasteiger partial charge on any atom is 0.330 e. The quantitative estimate of drug-likeness (QED) is 0.245. The summed E-state index contributed by atoms with van der Waals surface area (Å²) < 4.78 is 5.44.